The summed E-state index contributed by atoms with van der Waals surface area (Å²) in [5.41, 5.74) is -1.19. The minimum absolute atomic E-state index is 0.325. The Morgan fingerprint density at radius 2 is 1.93 bits per heavy atom. The van der Waals surface area contributed by atoms with E-state index < -0.39 is 17.2 Å². The molecule has 0 aliphatic carbocycles. The Morgan fingerprint density at radius 3 is 2.27 bits per heavy atom. The Hall–Kier alpha value is -1.32. The van der Waals surface area contributed by atoms with Crippen molar-refractivity contribution in [3.05, 3.63) is 12.2 Å². The summed E-state index contributed by atoms with van der Waals surface area (Å²) in [5.74, 6) is -0.325. The summed E-state index contributed by atoms with van der Waals surface area (Å²) in [6, 6.07) is 0. The van der Waals surface area contributed by atoms with Gasteiger partial charge in [-0.2, -0.15) is 0 Å². The summed E-state index contributed by atoms with van der Waals surface area (Å²) < 4.78 is 5.15. The van der Waals surface area contributed by atoms with Crippen molar-refractivity contribution >= 4 is 12.0 Å². The zero-order valence-corrected chi connectivity index (χ0v) is 9.83. The lowest BCUT2D eigenvalue weighted by Gasteiger charge is -2.31. The van der Waals surface area contributed by atoms with Crippen molar-refractivity contribution in [1.29, 1.82) is 0 Å². The third-order valence-corrected chi connectivity index (χ3v) is 2.01. The molecule has 0 aromatic rings. The molecule has 0 unspecified atom stereocenters. The molecule has 0 aromatic heterocycles. The maximum absolute atomic E-state index is 11.7. The standard InChI is InChI=1S/C11H17NO3/c1-10(2,3)15-9(14)12-8(13)6-7-11(12,4)5/h6-7H,1-5H3. The van der Waals surface area contributed by atoms with Crippen LogP contribution in [0.25, 0.3) is 0 Å². The van der Waals surface area contributed by atoms with Gasteiger partial charge in [-0.1, -0.05) is 6.08 Å². The SMILES string of the molecule is CC(C)(C)OC(=O)N1C(=O)C=CC1(C)C. The molecule has 4 heteroatoms. The zero-order chi connectivity index (χ0) is 11.9. The van der Waals surface area contributed by atoms with E-state index >= 15 is 0 Å². The van der Waals surface area contributed by atoms with Gasteiger partial charge in [-0.3, -0.25) is 4.79 Å². The van der Waals surface area contributed by atoms with Gasteiger partial charge in [0.05, 0.1) is 5.54 Å². The Balaban J connectivity index is 2.81. The van der Waals surface area contributed by atoms with Gasteiger partial charge in [-0.05, 0) is 34.6 Å². The number of nitrogens with zero attached hydrogens (tertiary/aromatic N) is 1. The lowest BCUT2D eigenvalue weighted by molar-refractivity contribution is -0.126. The first-order chi connectivity index (χ1) is 6.63. The molecule has 1 heterocycles. The van der Waals surface area contributed by atoms with Gasteiger partial charge in [-0.25, -0.2) is 9.69 Å². The highest BCUT2D eigenvalue weighted by atomic mass is 16.6. The van der Waals surface area contributed by atoms with E-state index in [1.54, 1.807) is 40.7 Å². The van der Waals surface area contributed by atoms with Gasteiger partial charge in [0.1, 0.15) is 5.60 Å². The molecule has 0 fully saturated rings. The molecular weight excluding hydrogens is 194 g/mol. The molecule has 0 bridgehead atoms. The van der Waals surface area contributed by atoms with Crippen LogP contribution in [-0.2, 0) is 9.53 Å². The van der Waals surface area contributed by atoms with Crippen molar-refractivity contribution in [2.24, 2.45) is 0 Å². The van der Waals surface area contributed by atoms with Crippen molar-refractivity contribution in [2.45, 2.75) is 45.8 Å². The average molecular weight is 211 g/mol. The van der Waals surface area contributed by atoms with Gasteiger partial charge in [0, 0.05) is 6.08 Å². The van der Waals surface area contributed by atoms with E-state index in [9.17, 15) is 9.59 Å². The lowest BCUT2D eigenvalue weighted by atomic mass is 10.1. The van der Waals surface area contributed by atoms with Crippen LogP contribution < -0.4 is 0 Å². The Bertz CT molecular complexity index is 323. The molecule has 0 radical (unpaired) electrons. The van der Waals surface area contributed by atoms with E-state index in [0.29, 0.717) is 0 Å². The summed E-state index contributed by atoms with van der Waals surface area (Å²) in [7, 11) is 0. The highest BCUT2D eigenvalue weighted by Gasteiger charge is 2.40. The molecule has 0 aromatic carbocycles. The fraction of sp³-hybridized carbons (Fsp3) is 0.636. The van der Waals surface area contributed by atoms with Crippen LogP contribution in [0.3, 0.4) is 0 Å². The second-order valence-electron chi connectivity index (χ2n) is 5.14. The van der Waals surface area contributed by atoms with Crippen LogP contribution in [0.2, 0.25) is 0 Å². The number of rotatable bonds is 0. The van der Waals surface area contributed by atoms with E-state index in [4.69, 9.17) is 4.74 Å². The number of carbonyl (C=O) groups excluding carboxylic acids is 2. The maximum atomic E-state index is 11.7. The number of imide groups is 1. The Morgan fingerprint density at radius 1 is 1.40 bits per heavy atom. The monoisotopic (exact) mass is 211 g/mol. The van der Waals surface area contributed by atoms with Crippen LogP contribution in [-0.4, -0.2) is 28.0 Å². The third kappa shape index (κ3) is 2.58. The summed E-state index contributed by atoms with van der Waals surface area (Å²) in [4.78, 5) is 24.3. The zero-order valence-electron chi connectivity index (χ0n) is 9.83. The van der Waals surface area contributed by atoms with Crippen molar-refractivity contribution in [1.82, 2.24) is 4.90 Å². The fourth-order valence-corrected chi connectivity index (χ4v) is 1.34. The molecule has 0 N–H and O–H groups in total. The quantitative estimate of drug-likeness (QED) is 0.616. The first-order valence-corrected chi connectivity index (χ1v) is 4.90. The molecule has 1 rings (SSSR count). The van der Waals surface area contributed by atoms with Gasteiger partial charge in [-0.15, -0.1) is 0 Å². The molecule has 1 aliphatic rings. The highest BCUT2D eigenvalue weighted by Crippen LogP contribution is 2.25. The van der Waals surface area contributed by atoms with E-state index in [1.165, 1.54) is 6.08 Å². The third-order valence-electron chi connectivity index (χ3n) is 2.01. The summed E-state index contributed by atoms with van der Waals surface area (Å²) in [6.07, 6.45) is 2.49. The van der Waals surface area contributed by atoms with Gasteiger partial charge in [0.15, 0.2) is 0 Å². The second-order valence-corrected chi connectivity index (χ2v) is 5.14. The van der Waals surface area contributed by atoms with E-state index in [0.717, 1.165) is 4.90 Å². The minimum atomic E-state index is -0.598. The predicted octanol–water partition coefficient (Wildman–Crippen LogP) is 2.10. The Labute approximate surface area is 89.9 Å². The van der Waals surface area contributed by atoms with Gasteiger partial charge < -0.3 is 4.74 Å². The van der Waals surface area contributed by atoms with Crippen LogP contribution in [0, 0.1) is 0 Å². The molecule has 4 nitrogen and oxygen atoms in total. The first kappa shape index (κ1) is 11.8. The number of ether oxygens (including phenoxy) is 1. The van der Waals surface area contributed by atoms with E-state index in [-0.39, 0.29) is 5.91 Å². The summed E-state index contributed by atoms with van der Waals surface area (Å²) in [5, 5.41) is 0. The summed E-state index contributed by atoms with van der Waals surface area (Å²) in [6.45, 7) is 8.89. The molecule has 15 heavy (non-hydrogen) atoms. The average Bonchev–Trinajstić information content (AvgIpc) is 2.21. The molecule has 1 aliphatic heterocycles. The second kappa shape index (κ2) is 3.36. The predicted molar refractivity (Wildman–Crippen MR) is 56.3 cm³/mol. The van der Waals surface area contributed by atoms with E-state index in [2.05, 4.69) is 0 Å². The molecule has 0 saturated heterocycles. The smallest absolute Gasteiger partial charge is 0.418 e. The fourth-order valence-electron chi connectivity index (χ4n) is 1.34. The minimum Gasteiger partial charge on any atom is -0.443 e. The van der Waals surface area contributed by atoms with Crippen molar-refractivity contribution in [2.75, 3.05) is 0 Å². The van der Waals surface area contributed by atoms with Crippen LogP contribution in [0.5, 0.6) is 0 Å². The molecule has 0 spiro atoms. The maximum Gasteiger partial charge on any atom is 0.418 e. The molecule has 0 atom stereocenters. The van der Waals surface area contributed by atoms with Gasteiger partial charge >= 0.3 is 6.09 Å². The molecule has 0 saturated carbocycles. The lowest BCUT2D eigenvalue weighted by Crippen LogP contribution is -2.47. The van der Waals surface area contributed by atoms with Crippen LogP contribution in [0.15, 0.2) is 12.2 Å². The van der Waals surface area contributed by atoms with E-state index in [1.807, 2.05) is 0 Å². The van der Waals surface area contributed by atoms with Crippen LogP contribution in [0.1, 0.15) is 34.6 Å². The van der Waals surface area contributed by atoms with Crippen molar-refractivity contribution in [3.63, 3.8) is 0 Å². The van der Waals surface area contributed by atoms with Gasteiger partial charge in [0.25, 0.3) is 5.91 Å². The van der Waals surface area contributed by atoms with Crippen LogP contribution >= 0.6 is 0 Å². The van der Waals surface area contributed by atoms with Crippen LogP contribution in [0.4, 0.5) is 4.79 Å². The number of hydrogen-bond donors (Lipinski definition) is 0. The largest absolute Gasteiger partial charge is 0.443 e. The number of hydrogen-bond acceptors (Lipinski definition) is 3. The number of carbonyl (C=O) groups is 2. The number of amides is 2. The normalized spacial score (nSPS) is 19.5. The topological polar surface area (TPSA) is 46.6 Å². The summed E-state index contributed by atoms with van der Waals surface area (Å²) >= 11 is 0. The first-order valence-electron chi connectivity index (χ1n) is 4.90. The molecule has 84 valence electrons. The van der Waals surface area contributed by atoms with Crippen molar-refractivity contribution < 1.29 is 14.3 Å². The molecular formula is C11H17NO3. The highest BCUT2D eigenvalue weighted by molar-refractivity contribution is 6.02. The molecule has 2 amide bonds. The Kier molecular flexibility index (Phi) is 2.63. The van der Waals surface area contributed by atoms with Gasteiger partial charge in [0.2, 0.25) is 0 Å². The van der Waals surface area contributed by atoms with Crippen molar-refractivity contribution in [3.8, 4) is 0 Å².